The molecule has 0 aliphatic carbocycles. The average Bonchev–Trinajstić information content (AvgIpc) is 2.87. The van der Waals surface area contributed by atoms with Gasteiger partial charge in [-0.05, 0) is 26.5 Å². The third-order valence-electron chi connectivity index (χ3n) is 3.28. The third-order valence-corrected chi connectivity index (χ3v) is 3.28. The highest BCUT2D eigenvalue weighted by molar-refractivity contribution is 5.15. The summed E-state index contributed by atoms with van der Waals surface area (Å²) in [6.07, 6.45) is 0. The second-order valence-electron chi connectivity index (χ2n) is 5.30. The molecule has 0 aliphatic heterocycles. The van der Waals surface area contributed by atoms with E-state index in [-0.39, 0.29) is 0 Å². The van der Waals surface area contributed by atoms with Crippen molar-refractivity contribution in [3.8, 4) is 0 Å². The van der Waals surface area contributed by atoms with Gasteiger partial charge >= 0.3 is 0 Å². The molecule has 0 bridgehead atoms. The summed E-state index contributed by atoms with van der Waals surface area (Å²) < 4.78 is 5.40. The van der Waals surface area contributed by atoms with Gasteiger partial charge in [0.25, 0.3) is 0 Å². The Morgan fingerprint density at radius 2 is 1.95 bits per heavy atom. The molecule has 2 rings (SSSR count). The van der Waals surface area contributed by atoms with Crippen LogP contribution < -0.4 is 5.32 Å². The third kappa shape index (κ3) is 4.18. The van der Waals surface area contributed by atoms with Crippen LogP contribution in [0.15, 0.2) is 40.9 Å². The van der Waals surface area contributed by atoms with Gasteiger partial charge in [0, 0.05) is 25.2 Å². The normalized spacial score (nSPS) is 11.4. The smallest absolute Gasteiger partial charge is 0.151 e. The minimum absolute atomic E-state index is 0.452. The monoisotopic (exact) mass is 273 g/mol. The average molecular weight is 273 g/mol. The molecule has 0 radical (unpaired) electrons. The summed E-state index contributed by atoms with van der Waals surface area (Å²) in [5.41, 5.74) is 2.27. The maximum absolute atomic E-state index is 5.40. The molecule has 1 aromatic carbocycles. The van der Waals surface area contributed by atoms with Crippen molar-refractivity contribution in [3.05, 3.63) is 53.4 Å². The van der Waals surface area contributed by atoms with Crippen LogP contribution in [0, 0.1) is 0 Å². The van der Waals surface area contributed by atoms with Gasteiger partial charge in [-0.25, -0.2) is 0 Å². The first-order valence-electron chi connectivity index (χ1n) is 7.06. The number of hydrogen-bond donors (Lipinski definition) is 1. The molecular formula is C16H23N3O. The van der Waals surface area contributed by atoms with Crippen molar-refractivity contribution in [2.75, 3.05) is 7.05 Å². The minimum atomic E-state index is 0.452. The van der Waals surface area contributed by atoms with Gasteiger partial charge in [-0.15, -0.1) is 0 Å². The maximum atomic E-state index is 5.40. The molecule has 108 valence electrons. The van der Waals surface area contributed by atoms with E-state index in [1.54, 1.807) is 0 Å². The lowest BCUT2D eigenvalue weighted by molar-refractivity contribution is 0.180. The number of nitrogens with zero attached hydrogens (tertiary/aromatic N) is 2. The molecule has 0 aliphatic rings. The Kier molecular flexibility index (Phi) is 5.32. The molecule has 0 saturated carbocycles. The molecule has 0 saturated heterocycles. The van der Waals surface area contributed by atoms with E-state index in [1.165, 1.54) is 5.56 Å². The van der Waals surface area contributed by atoms with E-state index >= 15 is 0 Å². The van der Waals surface area contributed by atoms with Crippen molar-refractivity contribution < 1.29 is 4.52 Å². The fourth-order valence-corrected chi connectivity index (χ4v) is 2.13. The predicted molar refractivity (Wildman–Crippen MR) is 80.1 cm³/mol. The zero-order valence-corrected chi connectivity index (χ0v) is 12.5. The van der Waals surface area contributed by atoms with Crippen molar-refractivity contribution in [2.45, 2.75) is 39.5 Å². The van der Waals surface area contributed by atoms with E-state index in [4.69, 9.17) is 4.52 Å². The zero-order valence-electron chi connectivity index (χ0n) is 12.5. The molecule has 1 aromatic heterocycles. The van der Waals surface area contributed by atoms with Gasteiger partial charge in [0.15, 0.2) is 5.76 Å². The predicted octanol–water partition coefficient (Wildman–Crippen LogP) is 2.80. The lowest BCUT2D eigenvalue weighted by Crippen LogP contribution is -2.29. The Balaban J connectivity index is 2.01. The fraction of sp³-hybridized carbons (Fsp3) is 0.438. The molecule has 4 nitrogen and oxygen atoms in total. The number of benzene rings is 1. The molecule has 0 spiro atoms. The van der Waals surface area contributed by atoms with Gasteiger partial charge in [-0.2, -0.15) is 0 Å². The molecule has 0 atom stereocenters. The first-order chi connectivity index (χ1) is 9.69. The van der Waals surface area contributed by atoms with E-state index in [1.807, 2.05) is 19.2 Å². The van der Waals surface area contributed by atoms with E-state index in [2.05, 4.69) is 53.5 Å². The quantitative estimate of drug-likeness (QED) is 0.842. The second kappa shape index (κ2) is 7.22. The Bertz CT molecular complexity index is 507. The van der Waals surface area contributed by atoms with E-state index in [9.17, 15) is 0 Å². The molecular weight excluding hydrogens is 250 g/mol. The lowest BCUT2D eigenvalue weighted by Gasteiger charge is -2.25. The number of aromatic nitrogens is 1. The van der Waals surface area contributed by atoms with Crippen LogP contribution in [-0.2, 0) is 19.6 Å². The van der Waals surface area contributed by atoms with Gasteiger partial charge in [0.1, 0.15) is 0 Å². The SMILES string of the molecule is CNCc1cc(CN(Cc2ccccc2)C(C)C)on1. The summed E-state index contributed by atoms with van der Waals surface area (Å²) in [7, 11) is 1.91. The van der Waals surface area contributed by atoms with Crippen LogP contribution in [-0.4, -0.2) is 23.1 Å². The van der Waals surface area contributed by atoms with Gasteiger partial charge < -0.3 is 9.84 Å². The Labute approximate surface area is 120 Å². The zero-order chi connectivity index (χ0) is 14.4. The van der Waals surface area contributed by atoms with Crippen molar-refractivity contribution in [1.29, 1.82) is 0 Å². The summed E-state index contributed by atoms with van der Waals surface area (Å²) in [5.74, 6) is 0.917. The summed E-state index contributed by atoms with van der Waals surface area (Å²) >= 11 is 0. The molecule has 1 heterocycles. The molecule has 0 fully saturated rings. The summed E-state index contributed by atoms with van der Waals surface area (Å²) in [4.78, 5) is 2.37. The molecule has 20 heavy (non-hydrogen) atoms. The van der Waals surface area contributed by atoms with Crippen LogP contribution in [0.4, 0.5) is 0 Å². The van der Waals surface area contributed by atoms with Crippen LogP contribution in [0.25, 0.3) is 0 Å². The molecule has 4 heteroatoms. The highest BCUT2D eigenvalue weighted by Gasteiger charge is 2.14. The highest BCUT2D eigenvalue weighted by atomic mass is 16.5. The maximum Gasteiger partial charge on any atom is 0.151 e. The Hall–Kier alpha value is -1.65. The van der Waals surface area contributed by atoms with Gasteiger partial charge in [-0.1, -0.05) is 35.5 Å². The standard InChI is InChI=1S/C16H23N3O/c1-13(2)19(11-14-7-5-4-6-8-14)12-16-9-15(10-17-3)18-20-16/h4-9,13,17H,10-12H2,1-3H3. The lowest BCUT2D eigenvalue weighted by atomic mass is 10.2. The van der Waals surface area contributed by atoms with Gasteiger partial charge in [0.05, 0.1) is 12.2 Å². The molecule has 1 N–H and O–H groups in total. The van der Waals surface area contributed by atoms with E-state index in [0.717, 1.165) is 31.1 Å². The van der Waals surface area contributed by atoms with Gasteiger partial charge in [0.2, 0.25) is 0 Å². The van der Waals surface area contributed by atoms with Crippen LogP contribution >= 0.6 is 0 Å². The van der Waals surface area contributed by atoms with Crippen LogP contribution in [0.5, 0.6) is 0 Å². The fourth-order valence-electron chi connectivity index (χ4n) is 2.13. The van der Waals surface area contributed by atoms with Crippen molar-refractivity contribution in [1.82, 2.24) is 15.4 Å². The summed E-state index contributed by atoms with van der Waals surface area (Å²) in [5, 5.41) is 7.14. The number of hydrogen-bond acceptors (Lipinski definition) is 4. The highest BCUT2D eigenvalue weighted by Crippen LogP contribution is 2.14. The molecule has 0 unspecified atom stereocenters. The van der Waals surface area contributed by atoms with Crippen LogP contribution in [0.3, 0.4) is 0 Å². The number of rotatable bonds is 7. The van der Waals surface area contributed by atoms with Crippen molar-refractivity contribution in [3.63, 3.8) is 0 Å². The second-order valence-corrected chi connectivity index (χ2v) is 5.30. The largest absolute Gasteiger partial charge is 0.360 e. The van der Waals surface area contributed by atoms with E-state index < -0.39 is 0 Å². The van der Waals surface area contributed by atoms with Gasteiger partial charge in [-0.3, -0.25) is 4.90 Å². The topological polar surface area (TPSA) is 41.3 Å². The molecule has 2 aromatic rings. The summed E-state index contributed by atoms with van der Waals surface area (Å²) in [6.45, 7) is 6.84. The number of nitrogens with one attached hydrogen (secondary N) is 1. The minimum Gasteiger partial charge on any atom is -0.360 e. The van der Waals surface area contributed by atoms with E-state index in [0.29, 0.717) is 6.04 Å². The van der Waals surface area contributed by atoms with Crippen LogP contribution in [0.1, 0.15) is 30.9 Å². The van der Waals surface area contributed by atoms with Crippen LogP contribution in [0.2, 0.25) is 0 Å². The Morgan fingerprint density at radius 3 is 2.60 bits per heavy atom. The van der Waals surface area contributed by atoms with Crippen molar-refractivity contribution >= 4 is 0 Å². The Morgan fingerprint density at radius 1 is 1.20 bits per heavy atom. The summed E-state index contributed by atoms with van der Waals surface area (Å²) in [6, 6.07) is 13.0. The first kappa shape index (κ1) is 14.8. The van der Waals surface area contributed by atoms with Crippen molar-refractivity contribution in [2.24, 2.45) is 0 Å². The molecule has 0 amide bonds. The first-order valence-corrected chi connectivity index (χ1v) is 7.06.